The van der Waals surface area contributed by atoms with E-state index >= 15 is 0 Å². The van der Waals surface area contributed by atoms with E-state index < -0.39 is 0 Å². The van der Waals surface area contributed by atoms with E-state index in [9.17, 15) is 4.79 Å². The number of carbonyl (C=O) groups excluding carboxylic acids is 1. The zero-order valence-corrected chi connectivity index (χ0v) is 21.4. The van der Waals surface area contributed by atoms with Crippen molar-refractivity contribution >= 4 is 29.0 Å². The van der Waals surface area contributed by atoms with E-state index in [-0.39, 0.29) is 11.9 Å². The normalized spacial score (nSPS) is 15.4. The van der Waals surface area contributed by atoms with Gasteiger partial charge in [0.1, 0.15) is 0 Å². The highest BCUT2D eigenvalue weighted by molar-refractivity contribution is 6.13. The second-order valence-electron chi connectivity index (χ2n) is 9.14. The molecule has 8 nitrogen and oxygen atoms in total. The summed E-state index contributed by atoms with van der Waals surface area (Å²) in [6.45, 7) is 10.9. The molecule has 0 spiro atoms. The molecule has 37 heavy (non-hydrogen) atoms. The molecule has 190 valence electrons. The van der Waals surface area contributed by atoms with Gasteiger partial charge in [-0.15, -0.1) is 0 Å². The number of hydrogen-bond donors (Lipinski definition) is 2. The van der Waals surface area contributed by atoms with Crippen molar-refractivity contribution in [1.29, 1.82) is 0 Å². The van der Waals surface area contributed by atoms with Crippen LogP contribution in [0.4, 0.5) is 11.4 Å². The standard InChI is InChI=1S/C29H33N7O/c1-4-26(24-6-5-13-31-19-24)33-29(30)34-27-18-25(12-7-21(27)2)32-28(37)23-10-8-22(9-11-23)20-36-16-14-35(3)15-17-36/h4-13,18-19H,1,14-17,20H2,2-3H3,(H2,30,34)(H,32,37). The number of carbonyl (C=O) groups is 1. The first-order valence-corrected chi connectivity index (χ1v) is 12.3. The number of nitrogens with two attached hydrogens (primary N) is 1. The van der Waals surface area contributed by atoms with E-state index in [1.165, 1.54) is 5.56 Å². The van der Waals surface area contributed by atoms with Crippen molar-refractivity contribution in [3.63, 3.8) is 0 Å². The summed E-state index contributed by atoms with van der Waals surface area (Å²) in [7, 11) is 2.15. The molecule has 1 aliphatic heterocycles. The number of aliphatic imine (C=N–C) groups is 2. The highest BCUT2D eigenvalue weighted by atomic mass is 16.1. The quantitative estimate of drug-likeness (QED) is 0.381. The number of aromatic nitrogens is 1. The predicted molar refractivity (Wildman–Crippen MR) is 151 cm³/mol. The highest BCUT2D eigenvalue weighted by Crippen LogP contribution is 2.24. The maximum absolute atomic E-state index is 12.9. The zero-order chi connectivity index (χ0) is 26.2. The predicted octanol–water partition coefficient (Wildman–Crippen LogP) is 4.01. The molecule has 1 saturated heterocycles. The zero-order valence-electron chi connectivity index (χ0n) is 21.4. The van der Waals surface area contributed by atoms with Gasteiger partial charge in [-0.05, 0) is 67.6 Å². The number of nitrogens with one attached hydrogen (secondary N) is 1. The summed E-state index contributed by atoms with van der Waals surface area (Å²) in [6.07, 6.45) is 4.99. The molecule has 1 aromatic heterocycles. The molecular weight excluding hydrogens is 462 g/mol. The van der Waals surface area contributed by atoms with Crippen LogP contribution in [0.5, 0.6) is 0 Å². The van der Waals surface area contributed by atoms with Gasteiger partial charge in [-0.3, -0.25) is 14.7 Å². The van der Waals surface area contributed by atoms with Crippen LogP contribution in [0.25, 0.3) is 0 Å². The molecule has 3 N–H and O–H groups in total. The van der Waals surface area contributed by atoms with Gasteiger partial charge in [-0.2, -0.15) is 0 Å². The monoisotopic (exact) mass is 495 g/mol. The topological polar surface area (TPSA) is 99.2 Å². The molecule has 2 aromatic carbocycles. The maximum Gasteiger partial charge on any atom is 0.255 e. The van der Waals surface area contributed by atoms with Crippen LogP contribution in [-0.4, -0.2) is 65.6 Å². The second-order valence-corrected chi connectivity index (χ2v) is 9.14. The fraction of sp³-hybridized carbons (Fsp3) is 0.241. The molecule has 8 heteroatoms. The summed E-state index contributed by atoms with van der Waals surface area (Å²) in [6, 6.07) is 17.0. The van der Waals surface area contributed by atoms with Gasteiger partial charge in [0.15, 0.2) is 0 Å². The van der Waals surface area contributed by atoms with E-state index in [1.54, 1.807) is 24.5 Å². The smallest absolute Gasteiger partial charge is 0.255 e. The Labute approximate surface area is 218 Å². The molecule has 4 rings (SSSR count). The molecule has 0 bridgehead atoms. The molecule has 0 saturated carbocycles. The van der Waals surface area contributed by atoms with E-state index in [2.05, 4.69) is 43.7 Å². The van der Waals surface area contributed by atoms with Crippen LogP contribution in [0.1, 0.15) is 27.0 Å². The number of rotatable bonds is 7. The number of anilines is 1. The van der Waals surface area contributed by atoms with Gasteiger partial charge in [0, 0.05) is 61.9 Å². The Kier molecular flexibility index (Phi) is 8.56. The van der Waals surface area contributed by atoms with E-state index in [1.807, 2.05) is 55.5 Å². The fourth-order valence-electron chi connectivity index (χ4n) is 4.05. The van der Waals surface area contributed by atoms with Crippen molar-refractivity contribution in [2.24, 2.45) is 15.7 Å². The third-order valence-corrected chi connectivity index (χ3v) is 6.31. The van der Waals surface area contributed by atoms with Crippen LogP contribution in [0, 0.1) is 6.92 Å². The minimum atomic E-state index is -0.179. The van der Waals surface area contributed by atoms with Crippen molar-refractivity contribution in [2.75, 3.05) is 38.5 Å². The van der Waals surface area contributed by atoms with Gasteiger partial charge in [0.25, 0.3) is 5.91 Å². The Morgan fingerprint density at radius 2 is 1.86 bits per heavy atom. The lowest BCUT2D eigenvalue weighted by molar-refractivity contribution is 0.102. The lowest BCUT2D eigenvalue weighted by Crippen LogP contribution is -2.43. The van der Waals surface area contributed by atoms with E-state index in [4.69, 9.17) is 5.73 Å². The Bertz CT molecular complexity index is 1290. The number of allylic oxidation sites excluding steroid dienone is 1. The first kappa shape index (κ1) is 25.9. The van der Waals surface area contributed by atoms with Crippen LogP contribution >= 0.6 is 0 Å². The molecule has 0 radical (unpaired) electrons. The van der Waals surface area contributed by atoms with Crippen LogP contribution in [0.3, 0.4) is 0 Å². The third kappa shape index (κ3) is 7.19. The number of nitrogens with zero attached hydrogens (tertiary/aromatic N) is 5. The highest BCUT2D eigenvalue weighted by Gasteiger charge is 2.14. The first-order valence-electron chi connectivity index (χ1n) is 12.3. The van der Waals surface area contributed by atoms with E-state index in [0.29, 0.717) is 22.6 Å². The van der Waals surface area contributed by atoms with Crippen LogP contribution in [0.2, 0.25) is 0 Å². The lowest BCUT2D eigenvalue weighted by Gasteiger charge is -2.32. The van der Waals surface area contributed by atoms with Crippen LogP contribution < -0.4 is 11.1 Å². The number of amides is 1. The number of hydrogen-bond acceptors (Lipinski definition) is 5. The number of piperazine rings is 1. The summed E-state index contributed by atoms with van der Waals surface area (Å²) >= 11 is 0. The Morgan fingerprint density at radius 1 is 1.11 bits per heavy atom. The first-order chi connectivity index (χ1) is 17.9. The molecule has 1 fully saturated rings. The largest absolute Gasteiger partial charge is 0.368 e. The number of aryl methyl sites for hydroxylation is 1. The Balaban J connectivity index is 1.43. The molecule has 0 unspecified atom stereocenters. The number of likely N-dealkylation sites (N-methyl/N-ethyl adjacent to an activating group) is 1. The van der Waals surface area contributed by atoms with Crippen molar-refractivity contribution in [2.45, 2.75) is 13.5 Å². The van der Waals surface area contributed by atoms with Crippen molar-refractivity contribution < 1.29 is 4.79 Å². The summed E-state index contributed by atoms with van der Waals surface area (Å²) in [4.78, 5) is 30.6. The minimum absolute atomic E-state index is 0.0845. The summed E-state index contributed by atoms with van der Waals surface area (Å²) in [5, 5.41) is 2.96. The van der Waals surface area contributed by atoms with Gasteiger partial charge in [-0.1, -0.05) is 24.8 Å². The van der Waals surface area contributed by atoms with Gasteiger partial charge in [0.2, 0.25) is 5.96 Å². The third-order valence-electron chi connectivity index (χ3n) is 6.31. The summed E-state index contributed by atoms with van der Waals surface area (Å²) in [5.74, 6) is -0.0947. The molecule has 1 aliphatic rings. The molecule has 0 aliphatic carbocycles. The molecular formula is C29H33N7O. The Hall–Kier alpha value is -4.14. The Morgan fingerprint density at radius 3 is 2.54 bits per heavy atom. The van der Waals surface area contributed by atoms with Gasteiger partial charge >= 0.3 is 0 Å². The average molecular weight is 496 g/mol. The minimum Gasteiger partial charge on any atom is -0.368 e. The van der Waals surface area contributed by atoms with Crippen molar-refractivity contribution in [1.82, 2.24) is 14.8 Å². The van der Waals surface area contributed by atoms with Crippen LogP contribution in [0.15, 0.2) is 89.6 Å². The number of pyridine rings is 1. The molecule has 3 aromatic rings. The maximum atomic E-state index is 12.9. The summed E-state index contributed by atoms with van der Waals surface area (Å²) < 4.78 is 0. The molecule has 0 atom stereocenters. The fourth-order valence-corrected chi connectivity index (χ4v) is 4.05. The van der Waals surface area contributed by atoms with Gasteiger partial charge in [-0.25, -0.2) is 9.98 Å². The second kappa shape index (κ2) is 12.2. The summed E-state index contributed by atoms with van der Waals surface area (Å²) in [5.41, 5.74) is 11.5. The van der Waals surface area contributed by atoms with Gasteiger partial charge in [0.05, 0.1) is 11.4 Å². The van der Waals surface area contributed by atoms with Crippen molar-refractivity contribution in [3.8, 4) is 0 Å². The molecule has 1 amide bonds. The number of benzene rings is 2. The number of guanidine groups is 1. The van der Waals surface area contributed by atoms with Crippen LogP contribution in [-0.2, 0) is 6.54 Å². The SMILES string of the molecule is C=CC(=NC(N)=Nc1cc(NC(=O)c2ccc(CN3CCN(C)CC3)cc2)ccc1C)c1cccnc1. The van der Waals surface area contributed by atoms with E-state index in [0.717, 1.165) is 43.9 Å². The lowest BCUT2D eigenvalue weighted by atomic mass is 10.1. The van der Waals surface area contributed by atoms with Crippen molar-refractivity contribution in [3.05, 3.63) is 102 Å². The average Bonchev–Trinajstić information content (AvgIpc) is 2.91. The van der Waals surface area contributed by atoms with Gasteiger partial charge < -0.3 is 16.0 Å². The molecule has 2 heterocycles.